The highest BCUT2D eigenvalue weighted by Crippen LogP contribution is 2.05. The number of aliphatic hydroxyl groups excluding tert-OH is 2. The molecule has 0 aromatic carbocycles. The largest absolute Gasteiger partial charge is 0.394 e. The van der Waals surface area contributed by atoms with Gasteiger partial charge in [0.15, 0.2) is 0 Å². The summed E-state index contributed by atoms with van der Waals surface area (Å²) in [4.78, 5) is 10.9. The topological polar surface area (TPSA) is 94.1 Å². The van der Waals surface area contributed by atoms with Crippen LogP contribution >= 0.6 is 0 Å². The van der Waals surface area contributed by atoms with Crippen molar-refractivity contribution in [1.82, 2.24) is 10.6 Å². The predicted molar refractivity (Wildman–Crippen MR) is 44.2 cm³/mol. The number of carbonyl (C=O) groups is 1. The molecule has 2 atom stereocenters. The van der Waals surface area contributed by atoms with Crippen LogP contribution < -0.4 is 10.6 Å². The molecule has 4 N–H and O–H groups in total. The Hall–Kier alpha value is -0.850. The minimum Gasteiger partial charge on any atom is -0.394 e. The molecule has 0 radical (unpaired) electrons. The van der Waals surface area contributed by atoms with Crippen LogP contribution in [0.5, 0.6) is 0 Å². The van der Waals surface area contributed by atoms with E-state index in [4.69, 9.17) is 14.9 Å². The molecular formula is C7H14N2O4. The number of nitrogens with one attached hydrogen (secondary N) is 2. The molecular weight excluding hydrogens is 176 g/mol. The molecule has 0 aromatic rings. The van der Waals surface area contributed by atoms with Crippen LogP contribution in [0.25, 0.3) is 0 Å². The Bertz CT molecular complexity index is 172. The lowest BCUT2D eigenvalue weighted by atomic mass is 10.4. The molecule has 0 spiro atoms. The highest BCUT2D eigenvalue weighted by Gasteiger charge is 2.22. The summed E-state index contributed by atoms with van der Waals surface area (Å²) in [5, 5.41) is 22.3. The van der Waals surface area contributed by atoms with Gasteiger partial charge in [0.05, 0.1) is 25.4 Å². The number of carbonyl (C=O) groups excluding carboxylic acids is 1. The number of epoxide rings is 1. The standard InChI is InChI=1S/C7H14N2O4/c10-3-5(11)1-8-7(12)9-2-6-4-13-6/h5-6,10-11H,1-4H2,(H2,8,9,12). The normalized spacial score (nSPS) is 22.2. The third-order valence-corrected chi connectivity index (χ3v) is 1.60. The van der Waals surface area contributed by atoms with Crippen LogP contribution in [0.1, 0.15) is 0 Å². The zero-order valence-electron chi connectivity index (χ0n) is 7.19. The van der Waals surface area contributed by atoms with Gasteiger partial charge in [-0.15, -0.1) is 0 Å². The summed E-state index contributed by atoms with van der Waals surface area (Å²) in [5.41, 5.74) is 0. The second-order valence-corrected chi connectivity index (χ2v) is 2.88. The van der Waals surface area contributed by atoms with Crippen molar-refractivity contribution in [2.75, 3.05) is 26.3 Å². The van der Waals surface area contributed by atoms with Gasteiger partial charge in [-0.2, -0.15) is 0 Å². The van der Waals surface area contributed by atoms with Crippen LogP contribution in [0.2, 0.25) is 0 Å². The molecule has 1 saturated heterocycles. The molecule has 13 heavy (non-hydrogen) atoms. The molecule has 1 fully saturated rings. The van der Waals surface area contributed by atoms with Gasteiger partial charge in [0.1, 0.15) is 0 Å². The lowest BCUT2D eigenvalue weighted by Crippen LogP contribution is -2.41. The van der Waals surface area contributed by atoms with Crippen LogP contribution in [-0.2, 0) is 4.74 Å². The minimum absolute atomic E-state index is 0.0495. The Kier molecular flexibility index (Phi) is 3.94. The molecule has 6 nitrogen and oxygen atoms in total. The van der Waals surface area contributed by atoms with E-state index in [1.165, 1.54) is 0 Å². The molecule has 0 saturated carbocycles. The first-order valence-electron chi connectivity index (χ1n) is 4.14. The van der Waals surface area contributed by atoms with Crippen molar-refractivity contribution in [1.29, 1.82) is 0 Å². The van der Waals surface area contributed by atoms with E-state index >= 15 is 0 Å². The summed E-state index contributed by atoms with van der Waals surface area (Å²) < 4.78 is 4.87. The smallest absolute Gasteiger partial charge is 0.314 e. The molecule has 6 heteroatoms. The molecule has 1 aliphatic rings. The quantitative estimate of drug-likeness (QED) is 0.378. The van der Waals surface area contributed by atoms with Crippen molar-refractivity contribution < 1.29 is 19.7 Å². The summed E-state index contributed by atoms with van der Waals surface area (Å²) in [7, 11) is 0. The summed E-state index contributed by atoms with van der Waals surface area (Å²) in [6, 6.07) is -0.358. The zero-order chi connectivity index (χ0) is 9.68. The van der Waals surface area contributed by atoms with E-state index < -0.39 is 6.10 Å². The highest BCUT2D eigenvalue weighted by molar-refractivity contribution is 5.73. The van der Waals surface area contributed by atoms with E-state index in [2.05, 4.69) is 10.6 Å². The van der Waals surface area contributed by atoms with Crippen LogP contribution in [-0.4, -0.2) is 54.8 Å². The highest BCUT2D eigenvalue weighted by atomic mass is 16.6. The first-order valence-corrected chi connectivity index (χ1v) is 4.14. The molecule has 0 aliphatic carbocycles. The number of rotatable bonds is 5. The zero-order valence-corrected chi connectivity index (χ0v) is 7.19. The first kappa shape index (κ1) is 10.2. The summed E-state index contributed by atoms with van der Waals surface area (Å²) in [5.74, 6) is 0. The molecule has 1 heterocycles. The summed E-state index contributed by atoms with van der Waals surface area (Å²) in [6.45, 7) is 0.875. The number of aliphatic hydroxyl groups is 2. The molecule has 2 amide bonds. The maximum absolute atomic E-state index is 10.9. The van der Waals surface area contributed by atoms with E-state index in [0.717, 1.165) is 0 Å². The number of ether oxygens (including phenoxy) is 1. The van der Waals surface area contributed by atoms with Gasteiger partial charge < -0.3 is 25.6 Å². The maximum atomic E-state index is 10.9. The fourth-order valence-electron chi connectivity index (χ4n) is 0.730. The fraction of sp³-hybridized carbons (Fsp3) is 0.857. The van der Waals surface area contributed by atoms with Gasteiger partial charge in [-0.25, -0.2) is 4.79 Å². The van der Waals surface area contributed by atoms with Gasteiger partial charge in [-0.05, 0) is 0 Å². The van der Waals surface area contributed by atoms with Gasteiger partial charge in [0.25, 0.3) is 0 Å². The van der Waals surface area contributed by atoms with Crippen molar-refractivity contribution in [3.63, 3.8) is 0 Å². The average molecular weight is 190 g/mol. The number of urea groups is 1. The first-order chi connectivity index (χ1) is 6.22. The second-order valence-electron chi connectivity index (χ2n) is 2.88. The Balaban J connectivity index is 1.96. The molecule has 1 rings (SSSR count). The van der Waals surface area contributed by atoms with Crippen molar-refractivity contribution in [3.8, 4) is 0 Å². The van der Waals surface area contributed by atoms with Gasteiger partial charge in [-0.1, -0.05) is 0 Å². The Morgan fingerprint density at radius 3 is 2.85 bits per heavy atom. The van der Waals surface area contributed by atoms with E-state index in [0.29, 0.717) is 13.2 Å². The van der Waals surface area contributed by atoms with Crippen LogP contribution in [0.4, 0.5) is 4.79 Å². The maximum Gasteiger partial charge on any atom is 0.314 e. The molecule has 0 bridgehead atoms. The average Bonchev–Trinajstić information content (AvgIpc) is 2.94. The van der Waals surface area contributed by atoms with E-state index in [-0.39, 0.29) is 25.3 Å². The Morgan fingerprint density at radius 1 is 1.62 bits per heavy atom. The molecule has 76 valence electrons. The van der Waals surface area contributed by atoms with Gasteiger partial charge in [0, 0.05) is 13.1 Å². The van der Waals surface area contributed by atoms with Crippen molar-refractivity contribution in [2.24, 2.45) is 0 Å². The summed E-state index contributed by atoms with van der Waals surface area (Å²) >= 11 is 0. The summed E-state index contributed by atoms with van der Waals surface area (Å²) in [6.07, 6.45) is -0.753. The van der Waals surface area contributed by atoms with Crippen LogP contribution in [0.15, 0.2) is 0 Å². The number of hydrogen-bond donors (Lipinski definition) is 4. The lowest BCUT2D eigenvalue weighted by Gasteiger charge is -2.09. The van der Waals surface area contributed by atoms with E-state index in [1.54, 1.807) is 0 Å². The van der Waals surface area contributed by atoms with Crippen molar-refractivity contribution in [2.45, 2.75) is 12.2 Å². The Morgan fingerprint density at radius 2 is 2.31 bits per heavy atom. The van der Waals surface area contributed by atoms with E-state index in [1.807, 2.05) is 0 Å². The number of amides is 2. The van der Waals surface area contributed by atoms with Gasteiger partial charge in [-0.3, -0.25) is 0 Å². The SMILES string of the molecule is O=C(NCC(O)CO)NCC1CO1. The van der Waals surface area contributed by atoms with Gasteiger partial charge in [0.2, 0.25) is 0 Å². The molecule has 2 unspecified atom stereocenters. The Labute approximate surface area is 75.9 Å². The monoisotopic (exact) mass is 190 g/mol. The minimum atomic E-state index is -0.900. The van der Waals surface area contributed by atoms with Crippen LogP contribution in [0.3, 0.4) is 0 Å². The third kappa shape index (κ3) is 4.66. The van der Waals surface area contributed by atoms with Crippen molar-refractivity contribution >= 4 is 6.03 Å². The molecule has 1 aliphatic heterocycles. The van der Waals surface area contributed by atoms with Crippen molar-refractivity contribution in [3.05, 3.63) is 0 Å². The second kappa shape index (κ2) is 5.00. The number of hydrogen-bond acceptors (Lipinski definition) is 4. The molecule has 0 aromatic heterocycles. The predicted octanol–water partition coefficient (Wildman–Crippen LogP) is -1.96. The third-order valence-electron chi connectivity index (χ3n) is 1.60. The van der Waals surface area contributed by atoms with Crippen LogP contribution in [0, 0.1) is 0 Å². The fourth-order valence-corrected chi connectivity index (χ4v) is 0.730. The van der Waals surface area contributed by atoms with E-state index in [9.17, 15) is 4.79 Å². The van der Waals surface area contributed by atoms with Gasteiger partial charge >= 0.3 is 6.03 Å². The lowest BCUT2D eigenvalue weighted by molar-refractivity contribution is 0.0959.